The molecule has 0 bridgehead atoms. The Morgan fingerprint density at radius 1 is 0.885 bits per heavy atom. The molecule has 0 atom stereocenters. The fraction of sp³-hybridized carbons (Fsp3) is 0.273. The molecule has 3 aromatic rings. The molecule has 1 aromatic heterocycles. The lowest BCUT2D eigenvalue weighted by molar-refractivity contribution is 0.549. The van der Waals surface area contributed by atoms with E-state index in [1.54, 1.807) is 0 Å². The van der Waals surface area contributed by atoms with Crippen LogP contribution in [0.1, 0.15) is 46.5 Å². The maximum Gasteiger partial charge on any atom is 0.248 e. The van der Waals surface area contributed by atoms with Crippen LogP contribution < -0.4 is 0 Å². The Morgan fingerprint density at radius 3 is 2.35 bits per heavy atom. The normalized spacial score (nSPS) is 14.3. The molecule has 0 fully saturated rings. The van der Waals surface area contributed by atoms with E-state index in [0.717, 1.165) is 41.0 Å². The molecule has 0 saturated carbocycles. The smallest absolute Gasteiger partial charge is 0.248 e. The first-order valence-corrected chi connectivity index (χ1v) is 9.31. The first-order valence-electron chi connectivity index (χ1n) is 8.93. The Kier molecular flexibility index (Phi) is 4.41. The van der Waals surface area contributed by atoms with Gasteiger partial charge in [-0.2, -0.15) is 0 Å². The molecule has 1 aliphatic carbocycles. The quantitative estimate of drug-likeness (QED) is 0.551. The van der Waals surface area contributed by atoms with Gasteiger partial charge in [-0.25, -0.2) is 0 Å². The predicted octanol–water partition coefficient (Wildman–Crippen LogP) is 6.11. The van der Waals surface area contributed by atoms with Gasteiger partial charge < -0.3 is 4.42 Å². The lowest BCUT2D eigenvalue weighted by atomic mass is 9.98. The van der Waals surface area contributed by atoms with Crippen LogP contribution in [0.15, 0.2) is 40.8 Å². The van der Waals surface area contributed by atoms with Crippen molar-refractivity contribution >= 4 is 22.2 Å². The number of fused-ring (bicyclic) bond motifs is 1. The van der Waals surface area contributed by atoms with Crippen LogP contribution in [0.5, 0.6) is 0 Å². The fourth-order valence-corrected chi connectivity index (χ4v) is 3.73. The summed E-state index contributed by atoms with van der Waals surface area (Å²) in [6, 6.07) is 12.5. The lowest BCUT2D eigenvalue weighted by Gasteiger charge is -2.10. The number of hydrogen-bond donors (Lipinski definition) is 0. The van der Waals surface area contributed by atoms with E-state index in [-0.39, 0.29) is 0 Å². The number of aryl methyl sites for hydroxylation is 4. The zero-order valence-electron chi connectivity index (χ0n) is 15.3. The average molecular weight is 365 g/mol. The van der Waals surface area contributed by atoms with Gasteiger partial charge in [0.1, 0.15) is 0 Å². The zero-order chi connectivity index (χ0) is 18.3. The maximum absolute atomic E-state index is 6.80. The van der Waals surface area contributed by atoms with Crippen LogP contribution in [-0.2, 0) is 6.42 Å². The van der Waals surface area contributed by atoms with Crippen molar-refractivity contribution in [2.45, 2.75) is 40.0 Å². The number of nitrogens with zero attached hydrogens (tertiary/aromatic N) is 2. The highest BCUT2D eigenvalue weighted by Gasteiger charge is 2.22. The van der Waals surface area contributed by atoms with Crippen molar-refractivity contribution in [2.75, 3.05) is 0 Å². The third kappa shape index (κ3) is 3.08. The molecular formula is C22H21ClN2O. The number of aromatic nitrogens is 2. The minimum absolute atomic E-state index is 0.525. The number of halogens is 1. The van der Waals surface area contributed by atoms with Crippen molar-refractivity contribution in [2.24, 2.45) is 0 Å². The van der Waals surface area contributed by atoms with Gasteiger partial charge in [-0.05, 0) is 80.5 Å². The van der Waals surface area contributed by atoms with E-state index in [9.17, 15) is 0 Å². The van der Waals surface area contributed by atoms with Gasteiger partial charge in [-0.3, -0.25) is 0 Å². The van der Waals surface area contributed by atoms with E-state index in [1.165, 1.54) is 22.3 Å². The topological polar surface area (TPSA) is 38.9 Å². The van der Waals surface area contributed by atoms with Gasteiger partial charge >= 0.3 is 0 Å². The largest absolute Gasteiger partial charge is 0.416 e. The fourth-order valence-electron chi connectivity index (χ4n) is 3.37. The third-order valence-electron chi connectivity index (χ3n) is 5.08. The minimum Gasteiger partial charge on any atom is -0.416 e. The molecule has 0 N–H and O–H groups in total. The van der Waals surface area contributed by atoms with Crippen molar-refractivity contribution in [3.63, 3.8) is 0 Å². The van der Waals surface area contributed by atoms with Gasteiger partial charge in [0.25, 0.3) is 0 Å². The van der Waals surface area contributed by atoms with Crippen molar-refractivity contribution in [3.8, 4) is 11.5 Å². The second-order valence-electron chi connectivity index (χ2n) is 7.02. The Morgan fingerprint density at radius 2 is 1.58 bits per heavy atom. The van der Waals surface area contributed by atoms with E-state index in [4.69, 9.17) is 16.0 Å². The van der Waals surface area contributed by atoms with E-state index >= 15 is 0 Å². The van der Waals surface area contributed by atoms with Crippen LogP contribution in [0, 0.1) is 20.8 Å². The number of rotatable bonds is 2. The summed E-state index contributed by atoms with van der Waals surface area (Å²) in [5, 5.41) is 9.26. The summed E-state index contributed by atoms with van der Waals surface area (Å²) in [4.78, 5) is 0. The van der Waals surface area contributed by atoms with Crippen molar-refractivity contribution in [1.82, 2.24) is 10.2 Å². The first kappa shape index (κ1) is 17.0. The van der Waals surface area contributed by atoms with Crippen LogP contribution in [0.2, 0.25) is 0 Å². The van der Waals surface area contributed by atoms with Crippen LogP contribution in [0.4, 0.5) is 0 Å². The Labute approximate surface area is 158 Å². The maximum atomic E-state index is 6.80. The van der Waals surface area contributed by atoms with Gasteiger partial charge in [-0.1, -0.05) is 35.4 Å². The van der Waals surface area contributed by atoms with Gasteiger partial charge in [0.2, 0.25) is 11.8 Å². The Balaban J connectivity index is 1.77. The highest BCUT2D eigenvalue weighted by atomic mass is 35.5. The zero-order valence-corrected chi connectivity index (χ0v) is 16.0. The van der Waals surface area contributed by atoms with Crippen molar-refractivity contribution < 1.29 is 4.42 Å². The van der Waals surface area contributed by atoms with Gasteiger partial charge in [-0.15, -0.1) is 10.2 Å². The number of hydrogen-bond acceptors (Lipinski definition) is 3. The molecule has 0 spiro atoms. The molecule has 0 saturated heterocycles. The van der Waals surface area contributed by atoms with Crippen LogP contribution in [-0.4, -0.2) is 10.2 Å². The molecule has 26 heavy (non-hydrogen) atoms. The van der Waals surface area contributed by atoms with E-state index < -0.39 is 0 Å². The van der Waals surface area contributed by atoms with Crippen molar-refractivity contribution in [1.29, 1.82) is 0 Å². The standard InChI is InChI=1S/C22H21ClN2O/c1-13-7-9-16(10-8-13)21-24-25-22(26-21)18-6-4-5-17-11-14(2)15(3)12-19(17)20(18)23/h7-12H,4-6H2,1-3H3. The van der Waals surface area contributed by atoms with Gasteiger partial charge in [0.05, 0.1) is 5.03 Å². The molecule has 3 nitrogen and oxygen atoms in total. The SMILES string of the molecule is Cc1ccc(-c2nnc(C3=C(Cl)c4cc(C)c(C)cc4CCC3)o2)cc1. The molecule has 4 rings (SSSR count). The van der Waals surface area contributed by atoms with Crippen LogP contribution in [0.25, 0.3) is 22.1 Å². The highest BCUT2D eigenvalue weighted by molar-refractivity contribution is 6.52. The summed E-state index contributed by atoms with van der Waals surface area (Å²) in [6.07, 6.45) is 2.86. The summed E-state index contributed by atoms with van der Waals surface area (Å²) in [7, 11) is 0. The third-order valence-corrected chi connectivity index (χ3v) is 5.51. The van der Waals surface area contributed by atoms with E-state index in [2.05, 4.69) is 43.1 Å². The summed E-state index contributed by atoms with van der Waals surface area (Å²) < 4.78 is 5.98. The summed E-state index contributed by atoms with van der Waals surface area (Å²) in [6.45, 7) is 6.32. The second-order valence-corrected chi connectivity index (χ2v) is 7.40. The van der Waals surface area contributed by atoms with E-state index in [0.29, 0.717) is 11.8 Å². The van der Waals surface area contributed by atoms with Crippen LogP contribution >= 0.6 is 11.6 Å². The molecule has 1 heterocycles. The molecule has 132 valence electrons. The monoisotopic (exact) mass is 364 g/mol. The first-order chi connectivity index (χ1) is 12.5. The van der Waals surface area contributed by atoms with Crippen molar-refractivity contribution in [3.05, 3.63) is 70.1 Å². The summed E-state index contributed by atoms with van der Waals surface area (Å²) >= 11 is 6.80. The molecule has 0 aliphatic heterocycles. The van der Waals surface area contributed by atoms with E-state index in [1.807, 2.05) is 24.3 Å². The Hall–Kier alpha value is -2.39. The van der Waals surface area contributed by atoms with Gasteiger partial charge in [0, 0.05) is 11.1 Å². The van der Waals surface area contributed by atoms with Crippen LogP contribution in [0.3, 0.4) is 0 Å². The molecule has 0 unspecified atom stereocenters. The summed E-state index contributed by atoms with van der Waals surface area (Å²) in [5.74, 6) is 1.05. The second kappa shape index (κ2) is 6.73. The predicted molar refractivity (Wildman–Crippen MR) is 106 cm³/mol. The highest BCUT2D eigenvalue weighted by Crippen LogP contribution is 2.39. The Bertz CT molecular complexity index is 999. The lowest BCUT2D eigenvalue weighted by Crippen LogP contribution is -1.93. The van der Waals surface area contributed by atoms with Gasteiger partial charge in [0.15, 0.2) is 0 Å². The molecule has 0 amide bonds. The molecule has 1 aliphatic rings. The number of benzene rings is 2. The molecule has 4 heteroatoms. The molecular weight excluding hydrogens is 344 g/mol. The molecule has 2 aromatic carbocycles. The summed E-state index contributed by atoms with van der Waals surface area (Å²) in [5.41, 5.74) is 8.00. The minimum atomic E-state index is 0.525. The molecule has 0 radical (unpaired) electrons. The average Bonchev–Trinajstić information content (AvgIpc) is 3.05. The number of allylic oxidation sites excluding steroid dienone is 1.